The fourth-order valence-electron chi connectivity index (χ4n) is 2.87. The van der Waals surface area contributed by atoms with Gasteiger partial charge in [-0.05, 0) is 29.8 Å². The second kappa shape index (κ2) is 8.26. The number of furan rings is 1. The maximum absolute atomic E-state index is 12.6. The number of aromatic nitrogens is 2. The van der Waals surface area contributed by atoms with Crippen LogP contribution in [0.3, 0.4) is 0 Å². The molecule has 0 spiro atoms. The van der Waals surface area contributed by atoms with E-state index in [1.165, 1.54) is 12.5 Å². The molecule has 0 aliphatic carbocycles. The molecule has 144 valence electrons. The van der Waals surface area contributed by atoms with E-state index in [9.17, 15) is 9.59 Å². The SMILES string of the molecule is O=C(Nc1ccc(CNC(=O)c2cn[nH]c2-c2ccccc2)cc1)c1ccco1. The van der Waals surface area contributed by atoms with Gasteiger partial charge in [0.25, 0.3) is 11.8 Å². The van der Waals surface area contributed by atoms with Gasteiger partial charge in [0.1, 0.15) is 0 Å². The molecule has 0 radical (unpaired) electrons. The Kier molecular flexibility index (Phi) is 5.20. The van der Waals surface area contributed by atoms with Crippen LogP contribution >= 0.6 is 0 Å². The first-order valence-corrected chi connectivity index (χ1v) is 9.01. The Morgan fingerprint density at radius 1 is 0.931 bits per heavy atom. The van der Waals surface area contributed by atoms with E-state index in [0.717, 1.165) is 11.1 Å². The lowest BCUT2D eigenvalue weighted by Gasteiger charge is -2.08. The normalized spacial score (nSPS) is 10.5. The summed E-state index contributed by atoms with van der Waals surface area (Å²) in [4.78, 5) is 24.6. The van der Waals surface area contributed by atoms with Crippen LogP contribution in [0, 0.1) is 0 Å². The summed E-state index contributed by atoms with van der Waals surface area (Å²) in [7, 11) is 0. The lowest BCUT2D eigenvalue weighted by molar-refractivity contribution is 0.0950. The van der Waals surface area contributed by atoms with Gasteiger partial charge in [-0.2, -0.15) is 5.10 Å². The number of benzene rings is 2. The number of nitrogens with one attached hydrogen (secondary N) is 3. The first-order chi connectivity index (χ1) is 14.2. The molecule has 3 N–H and O–H groups in total. The maximum Gasteiger partial charge on any atom is 0.291 e. The van der Waals surface area contributed by atoms with Crippen molar-refractivity contribution >= 4 is 17.5 Å². The maximum atomic E-state index is 12.6. The molecule has 7 nitrogen and oxygen atoms in total. The molecule has 0 atom stereocenters. The zero-order valence-electron chi connectivity index (χ0n) is 15.4. The van der Waals surface area contributed by atoms with Gasteiger partial charge in [-0.25, -0.2) is 0 Å². The van der Waals surface area contributed by atoms with Crippen molar-refractivity contribution in [3.8, 4) is 11.3 Å². The van der Waals surface area contributed by atoms with Gasteiger partial charge in [0.2, 0.25) is 0 Å². The minimum atomic E-state index is -0.315. The minimum Gasteiger partial charge on any atom is -0.459 e. The van der Waals surface area contributed by atoms with Crippen LogP contribution in [0.4, 0.5) is 5.69 Å². The summed E-state index contributed by atoms with van der Waals surface area (Å²) in [6.07, 6.45) is 2.97. The largest absolute Gasteiger partial charge is 0.459 e. The molecule has 4 rings (SSSR count). The third kappa shape index (κ3) is 4.24. The zero-order chi connectivity index (χ0) is 20.1. The summed E-state index contributed by atoms with van der Waals surface area (Å²) >= 11 is 0. The third-order valence-corrected chi connectivity index (χ3v) is 4.36. The van der Waals surface area contributed by atoms with Gasteiger partial charge >= 0.3 is 0 Å². The van der Waals surface area contributed by atoms with Gasteiger partial charge in [-0.1, -0.05) is 42.5 Å². The number of aromatic amines is 1. The highest BCUT2D eigenvalue weighted by Crippen LogP contribution is 2.20. The van der Waals surface area contributed by atoms with Crippen molar-refractivity contribution in [2.75, 3.05) is 5.32 Å². The molecule has 0 saturated heterocycles. The van der Waals surface area contributed by atoms with Crippen LogP contribution in [0.15, 0.2) is 83.6 Å². The summed E-state index contributed by atoms with van der Waals surface area (Å²) in [5, 5.41) is 12.5. The number of carbonyl (C=O) groups excluding carboxylic acids is 2. The first-order valence-electron chi connectivity index (χ1n) is 9.01. The molecule has 0 fully saturated rings. The van der Waals surface area contributed by atoms with E-state index in [2.05, 4.69) is 20.8 Å². The van der Waals surface area contributed by atoms with Gasteiger partial charge < -0.3 is 15.1 Å². The molecule has 0 aliphatic heterocycles. The van der Waals surface area contributed by atoms with Crippen LogP contribution in [0.2, 0.25) is 0 Å². The molecule has 0 saturated carbocycles. The first kappa shape index (κ1) is 18.2. The van der Waals surface area contributed by atoms with Gasteiger partial charge in [0, 0.05) is 17.8 Å². The Bertz CT molecular complexity index is 1100. The van der Waals surface area contributed by atoms with E-state index in [0.29, 0.717) is 23.5 Å². The van der Waals surface area contributed by atoms with Crippen molar-refractivity contribution in [1.82, 2.24) is 15.5 Å². The molecule has 2 heterocycles. The Morgan fingerprint density at radius 2 is 1.72 bits per heavy atom. The third-order valence-electron chi connectivity index (χ3n) is 4.36. The number of anilines is 1. The lowest BCUT2D eigenvalue weighted by Crippen LogP contribution is -2.23. The van der Waals surface area contributed by atoms with Gasteiger partial charge in [0.15, 0.2) is 5.76 Å². The summed E-state index contributed by atoms with van der Waals surface area (Å²) in [5.74, 6) is -0.284. The molecule has 2 amide bonds. The molecule has 0 bridgehead atoms. The van der Waals surface area contributed by atoms with E-state index in [-0.39, 0.29) is 17.6 Å². The van der Waals surface area contributed by atoms with Crippen molar-refractivity contribution in [3.63, 3.8) is 0 Å². The van der Waals surface area contributed by atoms with E-state index in [1.807, 2.05) is 42.5 Å². The molecule has 2 aromatic carbocycles. The van der Waals surface area contributed by atoms with Gasteiger partial charge in [-0.3, -0.25) is 14.7 Å². The van der Waals surface area contributed by atoms with Gasteiger partial charge in [0.05, 0.1) is 23.7 Å². The molecule has 0 unspecified atom stereocenters. The minimum absolute atomic E-state index is 0.215. The smallest absolute Gasteiger partial charge is 0.291 e. The predicted octanol–water partition coefficient (Wildman–Crippen LogP) is 3.85. The van der Waals surface area contributed by atoms with E-state index >= 15 is 0 Å². The van der Waals surface area contributed by atoms with Crippen molar-refractivity contribution in [2.45, 2.75) is 6.54 Å². The van der Waals surface area contributed by atoms with Crippen LogP contribution < -0.4 is 10.6 Å². The zero-order valence-corrected chi connectivity index (χ0v) is 15.4. The molecule has 4 aromatic rings. The highest BCUT2D eigenvalue weighted by atomic mass is 16.3. The summed E-state index contributed by atoms with van der Waals surface area (Å²) in [5.41, 5.74) is 3.60. The van der Waals surface area contributed by atoms with Crippen LogP contribution in [-0.2, 0) is 6.54 Å². The molecule has 2 aromatic heterocycles. The number of amides is 2. The standard InChI is InChI=1S/C22H18N4O3/c27-21(18-14-24-26-20(18)16-5-2-1-3-6-16)23-13-15-8-10-17(11-9-15)25-22(28)19-7-4-12-29-19/h1-12,14H,13H2,(H,23,27)(H,24,26)(H,25,28). The monoisotopic (exact) mass is 386 g/mol. The number of carbonyl (C=O) groups is 2. The molecule has 7 heteroatoms. The summed E-state index contributed by atoms with van der Waals surface area (Å²) < 4.78 is 5.07. The highest BCUT2D eigenvalue weighted by Gasteiger charge is 2.15. The quantitative estimate of drug-likeness (QED) is 0.469. The number of rotatable bonds is 6. The average Bonchev–Trinajstić information content (AvgIpc) is 3.46. The van der Waals surface area contributed by atoms with Crippen molar-refractivity contribution < 1.29 is 14.0 Å². The Balaban J connectivity index is 1.37. The second-order valence-electron chi connectivity index (χ2n) is 6.34. The lowest BCUT2D eigenvalue weighted by atomic mass is 10.1. The number of hydrogen-bond donors (Lipinski definition) is 3. The van der Waals surface area contributed by atoms with E-state index in [1.54, 1.807) is 24.3 Å². The number of H-pyrrole nitrogens is 1. The van der Waals surface area contributed by atoms with Crippen molar-refractivity contribution in [2.24, 2.45) is 0 Å². The Morgan fingerprint density at radius 3 is 2.45 bits per heavy atom. The number of hydrogen-bond acceptors (Lipinski definition) is 4. The van der Waals surface area contributed by atoms with Crippen LogP contribution in [-0.4, -0.2) is 22.0 Å². The molecular formula is C22H18N4O3. The molecule has 29 heavy (non-hydrogen) atoms. The predicted molar refractivity (Wildman–Crippen MR) is 108 cm³/mol. The van der Waals surface area contributed by atoms with E-state index in [4.69, 9.17) is 4.42 Å². The van der Waals surface area contributed by atoms with Gasteiger partial charge in [-0.15, -0.1) is 0 Å². The molecule has 0 aliphatic rings. The Hall–Kier alpha value is -4.13. The average molecular weight is 386 g/mol. The van der Waals surface area contributed by atoms with Crippen LogP contribution in [0.25, 0.3) is 11.3 Å². The fraction of sp³-hybridized carbons (Fsp3) is 0.0455. The van der Waals surface area contributed by atoms with Crippen molar-refractivity contribution in [3.05, 3.63) is 96.1 Å². The Labute approximate surface area is 166 Å². The highest BCUT2D eigenvalue weighted by molar-refractivity contribution is 6.02. The topological polar surface area (TPSA) is 100 Å². The van der Waals surface area contributed by atoms with Crippen LogP contribution in [0.5, 0.6) is 0 Å². The van der Waals surface area contributed by atoms with E-state index < -0.39 is 0 Å². The summed E-state index contributed by atoms with van der Waals surface area (Å²) in [6, 6.07) is 20.0. The number of nitrogens with zero attached hydrogens (tertiary/aromatic N) is 1. The summed E-state index contributed by atoms with van der Waals surface area (Å²) in [6.45, 7) is 0.352. The molecular weight excluding hydrogens is 368 g/mol. The fourth-order valence-corrected chi connectivity index (χ4v) is 2.87. The van der Waals surface area contributed by atoms with Crippen LogP contribution in [0.1, 0.15) is 26.5 Å². The second-order valence-corrected chi connectivity index (χ2v) is 6.34. The van der Waals surface area contributed by atoms with Crippen molar-refractivity contribution in [1.29, 1.82) is 0 Å².